The maximum Gasteiger partial charge on any atom is 0.262 e. The van der Waals surface area contributed by atoms with Gasteiger partial charge in [-0.3, -0.25) is 9.71 Å². The molecule has 106 valence electrons. The summed E-state index contributed by atoms with van der Waals surface area (Å²) in [6.45, 7) is 3.63. The molecule has 0 saturated carbocycles. The van der Waals surface area contributed by atoms with E-state index in [1.165, 1.54) is 19.4 Å². The number of nitrogens with one attached hydrogen (secondary N) is 1. The highest BCUT2D eigenvalue weighted by atomic mass is 32.2. The van der Waals surface area contributed by atoms with Crippen LogP contribution in [-0.2, 0) is 10.0 Å². The lowest BCUT2D eigenvalue weighted by atomic mass is 10.1. The molecule has 0 unspecified atom stereocenters. The van der Waals surface area contributed by atoms with E-state index in [-0.39, 0.29) is 4.90 Å². The number of sulfonamides is 1. The van der Waals surface area contributed by atoms with Gasteiger partial charge in [-0.1, -0.05) is 6.07 Å². The Bertz CT molecular complexity index is 713. The molecule has 20 heavy (non-hydrogen) atoms. The highest BCUT2D eigenvalue weighted by molar-refractivity contribution is 7.92. The molecule has 0 spiro atoms. The number of rotatable bonds is 4. The van der Waals surface area contributed by atoms with Crippen molar-refractivity contribution >= 4 is 15.7 Å². The normalized spacial score (nSPS) is 11.2. The highest BCUT2D eigenvalue weighted by Crippen LogP contribution is 2.27. The molecule has 0 aliphatic carbocycles. The Morgan fingerprint density at radius 2 is 1.95 bits per heavy atom. The van der Waals surface area contributed by atoms with Crippen molar-refractivity contribution in [1.82, 2.24) is 4.98 Å². The summed E-state index contributed by atoms with van der Waals surface area (Å²) in [6.07, 6.45) is 3.04. The highest BCUT2D eigenvalue weighted by Gasteiger charge is 2.19. The standard InChI is InChI=1S/C14H16N2O3S/c1-10-7-11(2)14(8-13(10)19-3)20(17,18)16-12-5-4-6-15-9-12/h4-9,16H,1-3H3. The summed E-state index contributed by atoms with van der Waals surface area (Å²) in [4.78, 5) is 4.08. The Morgan fingerprint density at radius 3 is 2.55 bits per heavy atom. The Balaban J connectivity index is 2.44. The number of hydrogen-bond acceptors (Lipinski definition) is 4. The number of hydrogen-bond donors (Lipinski definition) is 1. The lowest BCUT2D eigenvalue weighted by Crippen LogP contribution is -2.14. The predicted molar refractivity (Wildman–Crippen MR) is 77.5 cm³/mol. The molecule has 1 aromatic carbocycles. The molecular formula is C14H16N2O3S. The molecular weight excluding hydrogens is 276 g/mol. The zero-order valence-electron chi connectivity index (χ0n) is 11.5. The number of ether oxygens (including phenoxy) is 1. The van der Waals surface area contributed by atoms with E-state index in [0.29, 0.717) is 17.0 Å². The van der Waals surface area contributed by atoms with Gasteiger partial charge in [0.2, 0.25) is 0 Å². The first-order chi connectivity index (χ1) is 9.44. The Labute approximate surface area is 118 Å². The van der Waals surface area contributed by atoms with E-state index in [1.54, 1.807) is 31.3 Å². The van der Waals surface area contributed by atoms with Gasteiger partial charge in [0.1, 0.15) is 5.75 Å². The van der Waals surface area contributed by atoms with E-state index in [2.05, 4.69) is 9.71 Å². The number of anilines is 1. The molecule has 0 bridgehead atoms. The second-order valence-corrected chi connectivity index (χ2v) is 6.09. The molecule has 6 heteroatoms. The zero-order chi connectivity index (χ0) is 14.8. The first-order valence-corrected chi connectivity index (χ1v) is 7.50. The van der Waals surface area contributed by atoms with Crippen molar-refractivity contribution in [3.8, 4) is 5.75 Å². The van der Waals surface area contributed by atoms with Gasteiger partial charge < -0.3 is 4.74 Å². The third-order valence-electron chi connectivity index (χ3n) is 2.90. The second-order valence-electron chi connectivity index (χ2n) is 4.43. The minimum absolute atomic E-state index is 0.198. The van der Waals surface area contributed by atoms with Gasteiger partial charge >= 0.3 is 0 Å². The molecule has 1 heterocycles. The van der Waals surface area contributed by atoms with E-state index < -0.39 is 10.0 Å². The number of pyridine rings is 1. The third kappa shape index (κ3) is 2.91. The molecule has 1 N–H and O–H groups in total. The Kier molecular flexibility index (Phi) is 3.94. The zero-order valence-corrected chi connectivity index (χ0v) is 12.4. The molecule has 0 aliphatic rings. The van der Waals surface area contributed by atoms with E-state index in [1.807, 2.05) is 6.92 Å². The minimum Gasteiger partial charge on any atom is -0.496 e. The summed E-state index contributed by atoms with van der Waals surface area (Å²) in [5, 5.41) is 0. The van der Waals surface area contributed by atoms with Gasteiger partial charge in [0, 0.05) is 12.3 Å². The van der Waals surface area contributed by atoms with Crippen molar-refractivity contribution in [1.29, 1.82) is 0 Å². The monoisotopic (exact) mass is 292 g/mol. The molecule has 0 amide bonds. The molecule has 1 aromatic heterocycles. The van der Waals surface area contributed by atoms with Crippen LogP contribution in [0, 0.1) is 13.8 Å². The molecule has 0 aliphatic heterocycles. The topological polar surface area (TPSA) is 68.3 Å². The van der Waals surface area contributed by atoms with Crippen LogP contribution in [0.15, 0.2) is 41.6 Å². The van der Waals surface area contributed by atoms with Gasteiger partial charge in [0.15, 0.2) is 0 Å². The molecule has 2 rings (SSSR count). The van der Waals surface area contributed by atoms with Gasteiger partial charge in [0.05, 0.1) is 23.9 Å². The average molecular weight is 292 g/mol. The fourth-order valence-electron chi connectivity index (χ4n) is 1.96. The van der Waals surface area contributed by atoms with Crippen LogP contribution in [-0.4, -0.2) is 20.5 Å². The van der Waals surface area contributed by atoms with Gasteiger partial charge in [-0.25, -0.2) is 8.42 Å². The maximum absolute atomic E-state index is 12.4. The predicted octanol–water partition coefficient (Wildman–Crippen LogP) is 2.51. The Hall–Kier alpha value is -2.08. The van der Waals surface area contributed by atoms with E-state index in [0.717, 1.165) is 5.56 Å². The maximum atomic E-state index is 12.4. The molecule has 0 atom stereocenters. The third-order valence-corrected chi connectivity index (χ3v) is 4.42. The summed E-state index contributed by atoms with van der Waals surface area (Å²) in [6, 6.07) is 6.63. The molecule has 0 fully saturated rings. The fraction of sp³-hybridized carbons (Fsp3) is 0.214. The van der Waals surface area contributed by atoms with Crippen LogP contribution in [0.5, 0.6) is 5.75 Å². The quantitative estimate of drug-likeness (QED) is 0.940. The van der Waals surface area contributed by atoms with Crippen LogP contribution >= 0.6 is 0 Å². The largest absolute Gasteiger partial charge is 0.496 e. The van der Waals surface area contributed by atoms with Crippen molar-refractivity contribution in [3.05, 3.63) is 47.8 Å². The summed E-state index contributed by atoms with van der Waals surface area (Å²) < 4.78 is 32.5. The number of nitrogens with zero attached hydrogens (tertiary/aromatic N) is 1. The summed E-state index contributed by atoms with van der Waals surface area (Å²) in [5.74, 6) is 0.544. The van der Waals surface area contributed by atoms with Gasteiger partial charge in [-0.15, -0.1) is 0 Å². The van der Waals surface area contributed by atoms with Crippen LogP contribution in [0.25, 0.3) is 0 Å². The molecule has 5 nitrogen and oxygen atoms in total. The van der Waals surface area contributed by atoms with Gasteiger partial charge in [0.25, 0.3) is 10.0 Å². The van der Waals surface area contributed by atoms with Crippen molar-refractivity contribution < 1.29 is 13.2 Å². The minimum atomic E-state index is -3.66. The van der Waals surface area contributed by atoms with Crippen LogP contribution in [0.4, 0.5) is 5.69 Å². The van der Waals surface area contributed by atoms with Crippen LogP contribution in [0.1, 0.15) is 11.1 Å². The first-order valence-electron chi connectivity index (χ1n) is 6.02. The summed E-state index contributed by atoms with van der Waals surface area (Å²) in [5.41, 5.74) is 1.98. The Morgan fingerprint density at radius 1 is 1.20 bits per heavy atom. The lowest BCUT2D eigenvalue weighted by molar-refractivity contribution is 0.410. The van der Waals surface area contributed by atoms with Crippen molar-refractivity contribution in [2.24, 2.45) is 0 Å². The molecule has 0 radical (unpaired) electrons. The second kappa shape index (κ2) is 5.50. The lowest BCUT2D eigenvalue weighted by Gasteiger charge is -2.13. The molecule has 2 aromatic rings. The fourth-order valence-corrected chi connectivity index (χ4v) is 3.24. The van der Waals surface area contributed by atoms with E-state index in [4.69, 9.17) is 4.74 Å². The van der Waals surface area contributed by atoms with E-state index in [9.17, 15) is 8.42 Å². The first kappa shape index (κ1) is 14.3. The summed E-state index contributed by atoms with van der Waals surface area (Å²) in [7, 11) is -2.15. The number of methoxy groups -OCH3 is 1. The van der Waals surface area contributed by atoms with Gasteiger partial charge in [-0.2, -0.15) is 0 Å². The number of aryl methyl sites for hydroxylation is 2. The summed E-state index contributed by atoms with van der Waals surface area (Å²) >= 11 is 0. The van der Waals surface area contributed by atoms with Gasteiger partial charge in [-0.05, 0) is 37.1 Å². The molecule has 0 saturated heterocycles. The van der Waals surface area contributed by atoms with Crippen molar-refractivity contribution in [3.63, 3.8) is 0 Å². The van der Waals surface area contributed by atoms with Crippen LogP contribution in [0.2, 0.25) is 0 Å². The van der Waals surface area contributed by atoms with Crippen molar-refractivity contribution in [2.75, 3.05) is 11.8 Å². The van der Waals surface area contributed by atoms with Crippen molar-refractivity contribution in [2.45, 2.75) is 18.7 Å². The number of benzene rings is 1. The van der Waals surface area contributed by atoms with Crippen LogP contribution in [0.3, 0.4) is 0 Å². The SMILES string of the molecule is COc1cc(S(=O)(=O)Nc2cccnc2)c(C)cc1C. The van der Waals surface area contributed by atoms with E-state index >= 15 is 0 Å². The van der Waals surface area contributed by atoms with Crippen LogP contribution < -0.4 is 9.46 Å². The smallest absolute Gasteiger partial charge is 0.262 e. The average Bonchev–Trinajstić information content (AvgIpc) is 2.39. The number of aromatic nitrogens is 1.